The summed E-state index contributed by atoms with van der Waals surface area (Å²) >= 11 is 0. The van der Waals surface area contributed by atoms with Crippen molar-refractivity contribution < 1.29 is 13.0 Å². The molecule has 0 aliphatic heterocycles. The van der Waals surface area contributed by atoms with Gasteiger partial charge >= 0.3 is 0 Å². The fourth-order valence-corrected chi connectivity index (χ4v) is 4.40. The van der Waals surface area contributed by atoms with Gasteiger partial charge in [0.2, 0.25) is 0 Å². The lowest BCUT2D eigenvalue weighted by atomic mass is 9.96. The molecule has 0 spiro atoms. The number of fused-ring (bicyclic) bond motifs is 3. The van der Waals surface area contributed by atoms with Crippen LogP contribution in [-0.4, -0.2) is 13.0 Å². The van der Waals surface area contributed by atoms with Crippen LogP contribution in [0, 0.1) is 6.92 Å². The standard InChI is InChI=1S/C20H16.C7H8O3S/c1-2-7-15(8-3-1)13-16-10-6-12-19-18-11-5-4-9-17(18)14-20(16)19;1-6-2-4-7(5-3-6)11(8,9)10/h1-12H,13-14H2;2-5H,1H3,(H,8,9,10). The molecule has 4 aromatic carbocycles. The van der Waals surface area contributed by atoms with Crippen LogP contribution < -0.4 is 0 Å². The highest BCUT2D eigenvalue weighted by Crippen LogP contribution is 2.38. The minimum absolute atomic E-state index is 0.0666. The van der Waals surface area contributed by atoms with Crippen molar-refractivity contribution in [3.8, 4) is 11.1 Å². The molecule has 4 heteroatoms. The summed E-state index contributed by atoms with van der Waals surface area (Å²) in [5.74, 6) is 0. The van der Waals surface area contributed by atoms with Gasteiger partial charge in [0.15, 0.2) is 0 Å². The summed E-state index contributed by atoms with van der Waals surface area (Å²) in [4.78, 5) is -0.0666. The van der Waals surface area contributed by atoms with Gasteiger partial charge in [-0.25, -0.2) is 0 Å². The molecular formula is C27H24O3S. The van der Waals surface area contributed by atoms with Gasteiger partial charge in [0.1, 0.15) is 0 Å². The maximum Gasteiger partial charge on any atom is 0.294 e. The Bertz CT molecular complexity index is 1290. The molecule has 3 nitrogen and oxygen atoms in total. The van der Waals surface area contributed by atoms with Crippen molar-refractivity contribution in [2.75, 3.05) is 0 Å². The average molecular weight is 429 g/mol. The Morgan fingerprint density at radius 1 is 0.742 bits per heavy atom. The quantitative estimate of drug-likeness (QED) is 0.354. The monoisotopic (exact) mass is 428 g/mol. The third kappa shape index (κ3) is 4.93. The summed E-state index contributed by atoms with van der Waals surface area (Å²) in [5, 5.41) is 0. The van der Waals surface area contributed by atoms with Gasteiger partial charge in [-0.1, -0.05) is 90.5 Å². The van der Waals surface area contributed by atoms with E-state index in [2.05, 4.69) is 72.8 Å². The van der Waals surface area contributed by atoms with E-state index in [0.29, 0.717) is 0 Å². The van der Waals surface area contributed by atoms with Crippen LogP contribution in [0.1, 0.15) is 27.8 Å². The van der Waals surface area contributed by atoms with Crippen LogP contribution in [0.3, 0.4) is 0 Å². The Labute approximate surface area is 183 Å². The molecule has 0 aromatic heterocycles. The van der Waals surface area contributed by atoms with E-state index in [4.69, 9.17) is 4.55 Å². The maximum absolute atomic E-state index is 10.5. The summed E-state index contributed by atoms with van der Waals surface area (Å²) in [6.45, 7) is 1.84. The molecule has 0 heterocycles. The molecule has 4 aromatic rings. The van der Waals surface area contributed by atoms with Gasteiger partial charge in [-0.2, -0.15) is 8.42 Å². The molecule has 1 aliphatic carbocycles. The van der Waals surface area contributed by atoms with E-state index < -0.39 is 10.1 Å². The Hall–Kier alpha value is -3.21. The van der Waals surface area contributed by atoms with Crippen molar-refractivity contribution in [2.45, 2.75) is 24.7 Å². The van der Waals surface area contributed by atoms with E-state index in [9.17, 15) is 8.42 Å². The first-order chi connectivity index (χ1) is 14.9. The van der Waals surface area contributed by atoms with Crippen molar-refractivity contribution in [1.29, 1.82) is 0 Å². The Kier molecular flexibility index (Phi) is 6.03. The Morgan fingerprint density at radius 2 is 1.39 bits per heavy atom. The van der Waals surface area contributed by atoms with Crippen LogP contribution in [-0.2, 0) is 23.0 Å². The Morgan fingerprint density at radius 3 is 2.10 bits per heavy atom. The molecule has 0 saturated carbocycles. The molecule has 0 saturated heterocycles. The predicted octanol–water partition coefficient (Wildman–Crippen LogP) is 6.09. The zero-order valence-electron chi connectivity index (χ0n) is 17.3. The van der Waals surface area contributed by atoms with Crippen LogP contribution in [0.4, 0.5) is 0 Å². The molecule has 0 unspecified atom stereocenters. The van der Waals surface area contributed by atoms with Crippen molar-refractivity contribution >= 4 is 10.1 Å². The van der Waals surface area contributed by atoms with Crippen molar-refractivity contribution in [1.82, 2.24) is 0 Å². The van der Waals surface area contributed by atoms with E-state index in [1.807, 2.05) is 6.92 Å². The topological polar surface area (TPSA) is 54.4 Å². The van der Waals surface area contributed by atoms with Crippen molar-refractivity contribution in [3.63, 3.8) is 0 Å². The van der Waals surface area contributed by atoms with Crippen LogP contribution in [0.2, 0.25) is 0 Å². The summed E-state index contributed by atoms with van der Waals surface area (Å²) in [6.07, 6.45) is 2.10. The first-order valence-electron chi connectivity index (χ1n) is 10.2. The van der Waals surface area contributed by atoms with E-state index >= 15 is 0 Å². The second kappa shape index (κ2) is 8.88. The largest absolute Gasteiger partial charge is 0.294 e. The first kappa shape index (κ1) is 21.0. The fraction of sp³-hybridized carbons (Fsp3) is 0.111. The Balaban J connectivity index is 0.000000180. The maximum atomic E-state index is 10.5. The summed E-state index contributed by atoms with van der Waals surface area (Å²) < 4.78 is 29.6. The molecule has 0 atom stereocenters. The molecule has 156 valence electrons. The smallest absolute Gasteiger partial charge is 0.282 e. The summed E-state index contributed by atoms with van der Waals surface area (Å²) in [6, 6.07) is 32.2. The van der Waals surface area contributed by atoms with Gasteiger partial charge in [-0.3, -0.25) is 4.55 Å². The predicted molar refractivity (Wildman–Crippen MR) is 125 cm³/mol. The number of aryl methyl sites for hydroxylation is 1. The van der Waals surface area contributed by atoms with Gasteiger partial charge in [0.25, 0.3) is 10.1 Å². The van der Waals surface area contributed by atoms with Gasteiger partial charge in [-0.15, -0.1) is 0 Å². The second-order valence-electron chi connectivity index (χ2n) is 7.73. The number of hydrogen-bond acceptors (Lipinski definition) is 2. The number of hydrogen-bond donors (Lipinski definition) is 1. The molecule has 0 radical (unpaired) electrons. The van der Waals surface area contributed by atoms with Gasteiger partial charge in [0.05, 0.1) is 4.90 Å². The fourth-order valence-electron chi connectivity index (χ4n) is 3.92. The second-order valence-corrected chi connectivity index (χ2v) is 9.15. The van der Waals surface area contributed by atoms with Crippen LogP contribution in [0.5, 0.6) is 0 Å². The lowest BCUT2D eigenvalue weighted by molar-refractivity contribution is 0.483. The van der Waals surface area contributed by atoms with Crippen LogP contribution >= 0.6 is 0 Å². The van der Waals surface area contributed by atoms with Gasteiger partial charge in [-0.05, 0) is 65.3 Å². The highest BCUT2D eigenvalue weighted by Gasteiger charge is 2.20. The lowest BCUT2D eigenvalue weighted by Gasteiger charge is -2.08. The normalized spacial score (nSPS) is 11.8. The summed E-state index contributed by atoms with van der Waals surface area (Å²) in [7, 11) is -4.02. The van der Waals surface area contributed by atoms with E-state index in [1.165, 1.54) is 45.5 Å². The number of benzene rings is 4. The third-order valence-electron chi connectivity index (χ3n) is 5.50. The highest BCUT2D eigenvalue weighted by atomic mass is 32.2. The number of rotatable bonds is 3. The van der Waals surface area contributed by atoms with Crippen molar-refractivity contribution in [2.24, 2.45) is 0 Å². The minimum Gasteiger partial charge on any atom is -0.282 e. The SMILES string of the molecule is Cc1ccc(S(=O)(=O)O)cc1.c1ccc(Cc2cccc3c2Cc2ccccc2-3)cc1. The molecule has 1 N–H and O–H groups in total. The molecule has 31 heavy (non-hydrogen) atoms. The van der Waals surface area contributed by atoms with Crippen LogP contribution in [0.15, 0.2) is 102 Å². The van der Waals surface area contributed by atoms with Gasteiger partial charge < -0.3 is 0 Å². The van der Waals surface area contributed by atoms with E-state index in [1.54, 1.807) is 12.1 Å². The third-order valence-corrected chi connectivity index (χ3v) is 6.37. The highest BCUT2D eigenvalue weighted by molar-refractivity contribution is 7.85. The summed E-state index contributed by atoms with van der Waals surface area (Å²) in [5.41, 5.74) is 9.62. The molecule has 1 aliphatic rings. The minimum atomic E-state index is -4.02. The first-order valence-corrected chi connectivity index (χ1v) is 11.6. The van der Waals surface area contributed by atoms with E-state index in [-0.39, 0.29) is 4.90 Å². The molecule has 0 amide bonds. The molecule has 5 rings (SSSR count). The van der Waals surface area contributed by atoms with Crippen LogP contribution in [0.25, 0.3) is 11.1 Å². The molecular weight excluding hydrogens is 404 g/mol. The van der Waals surface area contributed by atoms with Crippen molar-refractivity contribution in [3.05, 3.63) is 125 Å². The van der Waals surface area contributed by atoms with E-state index in [0.717, 1.165) is 18.4 Å². The average Bonchev–Trinajstić information content (AvgIpc) is 3.15. The zero-order valence-corrected chi connectivity index (χ0v) is 18.1. The molecule has 0 bridgehead atoms. The molecule has 0 fully saturated rings. The lowest BCUT2D eigenvalue weighted by Crippen LogP contribution is -1.96. The zero-order chi connectivity index (χ0) is 21.8. The van der Waals surface area contributed by atoms with Gasteiger partial charge in [0, 0.05) is 0 Å².